The van der Waals surface area contributed by atoms with Crippen LogP contribution in [0.3, 0.4) is 0 Å². The number of hydrogen-bond donors (Lipinski definition) is 2. The highest BCUT2D eigenvalue weighted by Crippen LogP contribution is 2.35. The van der Waals surface area contributed by atoms with Gasteiger partial charge in [0.15, 0.2) is 5.69 Å². The summed E-state index contributed by atoms with van der Waals surface area (Å²) in [5.74, 6) is -0.255. The van der Waals surface area contributed by atoms with Crippen molar-refractivity contribution >= 4 is 17.4 Å². The molecule has 0 saturated heterocycles. The number of carbonyl (C=O) groups excluding carboxylic acids is 1. The van der Waals surface area contributed by atoms with Crippen molar-refractivity contribution in [1.82, 2.24) is 14.7 Å². The number of benzene rings is 2. The van der Waals surface area contributed by atoms with Crippen molar-refractivity contribution < 1.29 is 13.9 Å². The number of amides is 1. The van der Waals surface area contributed by atoms with Crippen LogP contribution in [0.4, 0.5) is 10.2 Å². The zero-order chi connectivity index (χ0) is 21.1. The molecule has 0 unspecified atom stereocenters. The van der Waals surface area contributed by atoms with Crippen LogP contribution in [-0.4, -0.2) is 28.9 Å². The van der Waals surface area contributed by atoms with Crippen LogP contribution in [-0.2, 0) is 6.42 Å². The third-order valence-electron chi connectivity index (χ3n) is 4.91. The minimum absolute atomic E-state index is 0.103. The number of methoxy groups -OCH3 is 1. The van der Waals surface area contributed by atoms with Crippen LogP contribution in [0.25, 0.3) is 16.8 Å². The van der Waals surface area contributed by atoms with Gasteiger partial charge in [-0.05, 0) is 36.2 Å². The molecule has 2 aromatic carbocycles. The van der Waals surface area contributed by atoms with Crippen LogP contribution < -0.4 is 15.8 Å². The summed E-state index contributed by atoms with van der Waals surface area (Å²) in [6.45, 7) is 0.449. The third kappa shape index (κ3) is 3.57. The second-order valence-corrected chi connectivity index (χ2v) is 6.77. The fourth-order valence-corrected chi connectivity index (χ4v) is 3.43. The number of aromatic nitrogens is 2. The monoisotopic (exact) mass is 404 g/mol. The largest absolute Gasteiger partial charge is 0.496 e. The Morgan fingerprint density at radius 3 is 2.70 bits per heavy atom. The van der Waals surface area contributed by atoms with E-state index in [0.717, 1.165) is 5.56 Å². The van der Waals surface area contributed by atoms with E-state index in [4.69, 9.17) is 10.5 Å². The fraction of sp³-hybridized carbons (Fsp3) is 0.130. The number of nitrogens with zero attached hydrogens (tertiary/aromatic N) is 2. The van der Waals surface area contributed by atoms with Gasteiger partial charge in [0, 0.05) is 18.3 Å². The number of ether oxygens (including phenoxy) is 1. The van der Waals surface area contributed by atoms with E-state index in [0.29, 0.717) is 29.9 Å². The first-order valence-electron chi connectivity index (χ1n) is 9.51. The van der Waals surface area contributed by atoms with Crippen LogP contribution in [0.2, 0.25) is 0 Å². The van der Waals surface area contributed by atoms with Gasteiger partial charge in [-0.25, -0.2) is 9.37 Å². The summed E-state index contributed by atoms with van der Waals surface area (Å²) in [5, 5.41) is 2.85. The molecule has 0 aliphatic heterocycles. The molecule has 0 spiro atoms. The smallest absolute Gasteiger partial charge is 0.273 e. The van der Waals surface area contributed by atoms with Gasteiger partial charge in [0.2, 0.25) is 0 Å². The molecule has 0 aliphatic rings. The molecule has 30 heavy (non-hydrogen) atoms. The van der Waals surface area contributed by atoms with Crippen molar-refractivity contribution in [2.24, 2.45) is 0 Å². The Labute approximate surface area is 173 Å². The molecule has 2 heterocycles. The molecule has 2 aromatic heterocycles. The van der Waals surface area contributed by atoms with Crippen molar-refractivity contribution in [3.05, 3.63) is 83.9 Å². The second-order valence-electron chi connectivity index (χ2n) is 6.77. The Bertz CT molecular complexity index is 1200. The number of hydrogen-bond acceptors (Lipinski definition) is 4. The summed E-state index contributed by atoms with van der Waals surface area (Å²) in [4.78, 5) is 17.1. The molecule has 0 bridgehead atoms. The number of nitrogens with two attached hydrogens (primary N) is 1. The van der Waals surface area contributed by atoms with E-state index >= 15 is 0 Å². The highest BCUT2D eigenvalue weighted by Gasteiger charge is 2.21. The summed E-state index contributed by atoms with van der Waals surface area (Å²) in [5.41, 5.74) is 8.56. The van der Waals surface area contributed by atoms with Gasteiger partial charge in [-0.15, -0.1) is 0 Å². The average Bonchev–Trinajstić information content (AvgIpc) is 3.11. The van der Waals surface area contributed by atoms with Crippen LogP contribution in [0, 0.1) is 5.82 Å². The maximum Gasteiger partial charge on any atom is 0.273 e. The number of anilines is 1. The lowest BCUT2D eigenvalue weighted by atomic mass is 10.1. The Morgan fingerprint density at radius 2 is 1.93 bits per heavy atom. The van der Waals surface area contributed by atoms with E-state index in [-0.39, 0.29) is 23.0 Å². The maximum absolute atomic E-state index is 14.6. The lowest BCUT2D eigenvalue weighted by molar-refractivity contribution is 0.0950. The number of nitrogens with one attached hydrogen (secondary N) is 1. The zero-order valence-electron chi connectivity index (χ0n) is 16.4. The lowest BCUT2D eigenvalue weighted by Crippen LogP contribution is -2.26. The fourth-order valence-electron chi connectivity index (χ4n) is 3.43. The zero-order valence-corrected chi connectivity index (χ0v) is 16.4. The SMILES string of the molecule is COc1cccc(F)c1-c1cccn2c(N)c(C(=O)NCCc3ccccc3)nc12. The van der Waals surface area contributed by atoms with E-state index in [2.05, 4.69) is 10.3 Å². The Balaban J connectivity index is 1.66. The van der Waals surface area contributed by atoms with Gasteiger partial charge >= 0.3 is 0 Å². The van der Waals surface area contributed by atoms with Gasteiger partial charge in [0.25, 0.3) is 5.91 Å². The Morgan fingerprint density at radius 1 is 1.13 bits per heavy atom. The molecule has 7 heteroatoms. The van der Waals surface area contributed by atoms with E-state index in [1.807, 2.05) is 30.3 Å². The molecule has 0 aliphatic carbocycles. The quantitative estimate of drug-likeness (QED) is 0.513. The molecule has 1 amide bonds. The predicted molar refractivity (Wildman–Crippen MR) is 114 cm³/mol. The van der Waals surface area contributed by atoms with Crippen molar-refractivity contribution in [1.29, 1.82) is 0 Å². The van der Waals surface area contributed by atoms with Gasteiger partial charge < -0.3 is 15.8 Å². The predicted octanol–water partition coefficient (Wildman–Crippen LogP) is 3.70. The highest BCUT2D eigenvalue weighted by molar-refractivity contribution is 5.99. The topological polar surface area (TPSA) is 81.6 Å². The minimum Gasteiger partial charge on any atom is -0.496 e. The Kier molecular flexibility index (Phi) is 5.34. The first kappa shape index (κ1) is 19.4. The van der Waals surface area contributed by atoms with Gasteiger partial charge in [0.05, 0.1) is 12.7 Å². The van der Waals surface area contributed by atoms with Gasteiger partial charge in [0.1, 0.15) is 23.0 Å². The molecule has 0 atom stereocenters. The van der Waals surface area contributed by atoms with Crippen LogP contribution in [0.1, 0.15) is 16.1 Å². The molecule has 152 valence electrons. The summed E-state index contributed by atoms with van der Waals surface area (Å²) in [7, 11) is 1.48. The molecule has 4 aromatic rings. The third-order valence-corrected chi connectivity index (χ3v) is 4.91. The molecule has 6 nitrogen and oxygen atoms in total. The number of pyridine rings is 1. The van der Waals surface area contributed by atoms with Crippen LogP contribution >= 0.6 is 0 Å². The molecule has 0 fully saturated rings. The van der Waals surface area contributed by atoms with Crippen molar-refractivity contribution in [3.63, 3.8) is 0 Å². The van der Waals surface area contributed by atoms with Crippen LogP contribution in [0.15, 0.2) is 66.9 Å². The summed E-state index contributed by atoms with van der Waals surface area (Å²) in [6.07, 6.45) is 2.38. The molecule has 0 saturated carbocycles. The number of halogens is 1. The second kappa shape index (κ2) is 8.24. The van der Waals surface area contributed by atoms with Crippen molar-refractivity contribution in [3.8, 4) is 16.9 Å². The summed E-state index contributed by atoms with van der Waals surface area (Å²) < 4.78 is 21.5. The standard InChI is InChI=1S/C23H21FN4O2/c1-30-18-11-5-10-17(24)19(18)16-9-6-14-28-21(25)20(27-22(16)28)23(29)26-13-12-15-7-3-2-4-8-15/h2-11,14H,12-13,25H2,1H3,(H,26,29). The van der Waals surface area contributed by atoms with Gasteiger partial charge in [-0.1, -0.05) is 36.4 Å². The van der Waals surface area contributed by atoms with E-state index in [1.165, 1.54) is 13.2 Å². The molecule has 0 radical (unpaired) electrons. The van der Waals surface area contributed by atoms with E-state index in [9.17, 15) is 9.18 Å². The van der Waals surface area contributed by atoms with Crippen LogP contribution in [0.5, 0.6) is 5.75 Å². The highest BCUT2D eigenvalue weighted by atomic mass is 19.1. The van der Waals surface area contributed by atoms with Gasteiger partial charge in [-0.3, -0.25) is 9.20 Å². The number of carbonyl (C=O) groups is 1. The molecule has 3 N–H and O–H groups in total. The lowest BCUT2D eigenvalue weighted by Gasteiger charge is -2.10. The maximum atomic E-state index is 14.6. The first-order valence-corrected chi connectivity index (χ1v) is 9.51. The number of fused-ring (bicyclic) bond motifs is 1. The van der Waals surface area contributed by atoms with Crippen molar-refractivity contribution in [2.45, 2.75) is 6.42 Å². The van der Waals surface area contributed by atoms with Gasteiger partial charge in [-0.2, -0.15) is 0 Å². The first-order chi connectivity index (χ1) is 14.6. The minimum atomic E-state index is -0.446. The number of imidazole rings is 1. The summed E-state index contributed by atoms with van der Waals surface area (Å²) in [6, 6.07) is 17.9. The van der Waals surface area contributed by atoms with E-state index < -0.39 is 5.82 Å². The average molecular weight is 404 g/mol. The Hall–Kier alpha value is -3.87. The molecule has 4 rings (SSSR count). The number of rotatable bonds is 6. The number of nitrogen functional groups attached to an aromatic ring is 1. The normalized spacial score (nSPS) is 10.9. The molecular weight excluding hydrogens is 383 g/mol. The molecular formula is C23H21FN4O2. The summed E-state index contributed by atoms with van der Waals surface area (Å²) >= 11 is 0. The van der Waals surface area contributed by atoms with E-state index in [1.54, 1.807) is 34.9 Å². The van der Waals surface area contributed by atoms with Crippen molar-refractivity contribution in [2.75, 3.05) is 19.4 Å².